The zero-order valence-corrected chi connectivity index (χ0v) is 19.0. The van der Waals surface area contributed by atoms with Crippen LogP contribution in [0.5, 0.6) is 0 Å². The molecule has 4 rings (SSSR count). The quantitative estimate of drug-likeness (QED) is 0.207. The van der Waals surface area contributed by atoms with E-state index < -0.39 is 72.8 Å². The highest BCUT2D eigenvalue weighted by atomic mass is 16.8. The summed E-state index contributed by atoms with van der Waals surface area (Å²) in [6.07, 6.45) is -5.67. The lowest BCUT2D eigenvalue weighted by Gasteiger charge is -2.45. The van der Waals surface area contributed by atoms with E-state index in [0.717, 1.165) is 11.8 Å². The molecule has 35 heavy (non-hydrogen) atoms. The van der Waals surface area contributed by atoms with Crippen molar-refractivity contribution in [3.8, 4) is 0 Å². The Hall–Kier alpha value is -2.35. The molecule has 11 heteroatoms. The maximum atomic E-state index is 12.1. The van der Waals surface area contributed by atoms with Gasteiger partial charge >= 0.3 is 5.97 Å². The van der Waals surface area contributed by atoms with Crippen LogP contribution in [-0.2, 0) is 23.7 Å². The van der Waals surface area contributed by atoms with Gasteiger partial charge in [-0.1, -0.05) is 30.3 Å². The smallest absolute Gasteiger partial charge is 0.330 e. The van der Waals surface area contributed by atoms with Crippen molar-refractivity contribution in [1.29, 1.82) is 0 Å². The predicted molar refractivity (Wildman–Crippen MR) is 118 cm³/mol. The van der Waals surface area contributed by atoms with Crippen LogP contribution in [0.15, 0.2) is 48.7 Å². The minimum atomic E-state index is -1.86. The first kappa shape index (κ1) is 25.7. The summed E-state index contributed by atoms with van der Waals surface area (Å²) in [5, 5.41) is 62.9. The molecule has 192 valence electrons. The van der Waals surface area contributed by atoms with Crippen LogP contribution in [0.1, 0.15) is 18.9 Å². The summed E-state index contributed by atoms with van der Waals surface area (Å²) in [6, 6.07) is 9.04. The summed E-state index contributed by atoms with van der Waals surface area (Å²) in [6.45, 7) is 0.942. The van der Waals surface area contributed by atoms with E-state index in [4.69, 9.17) is 18.9 Å². The maximum absolute atomic E-state index is 12.1. The van der Waals surface area contributed by atoms with Gasteiger partial charge < -0.3 is 49.6 Å². The number of aliphatic hydroxyl groups is 6. The van der Waals surface area contributed by atoms with E-state index in [2.05, 4.69) is 0 Å². The molecule has 1 aliphatic carbocycles. The fraction of sp³-hybridized carbons (Fsp3) is 0.542. The van der Waals surface area contributed by atoms with Gasteiger partial charge in [-0.3, -0.25) is 0 Å². The van der Waals surface area contributed by atoms with Crippen molar-refractivity contribution < 1.29 is 54.4 Å². The van der Waals surface area contributed by atoms with E-state index in [1.807, 2.05) is 18.2 Å². The van der Waals surface area contributed by atoms with E-state index in [9.17, 15) is 35.4 Å². The zero-order chi connectivity index (χ0) is 25.4. The maximum Gasteiger partial charge on any atom is 0.330 e. The van der Waals surface area contributed by atoms with E-state index in [0.29, 0.717) is 0 Å². The van der Waals surface area contributed by atoms with Crippen molar-refractivity contribution in [3.05, 3.63) is 54.3 Å². The average molecular weight is 494 g/mol. The van der Waals surface area contributed by atoms with Crippen molar-refractivity contribution in [2.24, 2.45) is 5.92 Å². The van der Waals surface area contributed by atoms with Gasteiger partial charge in [0.2, 0.25) is 6.29 Å². The monoisotopic (exact) mass is 494 g/mol. The average Bonchev–Trinajstić information content (AvgIpc) is 3.01. The second-order valence-corrected chi connectivity index (χ2v) is 9.27. The molecule has 3 aliphatic rings. The number of aliphatic hydroxyl groups excluding tert-OH is 4. The summed E-state index contributed by atoms with van der Waals surface area (Å²) in [4.78, 5) is 12.1. The number of hydrogen-bond acceptors (Lipinski definition) is 11. The van der Waals surface area contributed by atoms with Crippen LogP contribution in [-0.4, -0.2) is 97.5 Å². The second kappa shape index (κ2) is 9.96. The summed E-state index contributed by atoms with van der Waals surface area (Å²) in [7, 11) is 0. The molecule has 0 aromatic heterocycles. The number of hydrogen-bond donors (Lipinski definition) is 6. The summed E-state index contributed by atoms with van der Waals surface area (Å²) < 4.78 is 21.7. The number of carbonyl (C=O) groups excluding carboxylic acids is 1. The molecule has 1 saturated heterocycles. The number of benzene rings is 1. The lowest BCUT2D eigenvalue weighted by molar-refractivity contribution is -0.351. The first-order chi connectivity index (χ1) is 16.5. The zero-order valence-electron chi connectivity index (χ0n) is 19.0. The molecular weight excluding hydrogens is 464 g/mol. The SMILES string of the molecule is C[C@]1(O)C[C@@H](O)[C@]2(O)C=CO[C@@H](O[C@@H]3O[C@H](COC(=O)/C=C/c4ccccc4)[C@@H](O)[C@H](O)[C@H]3O)[C@@H]21. The Morgan fingerprint density at radius 2 is 1.80 bits per heavy atom. The van der Waals surface area contributed by atoms with Gasteiger partial charge in [0.25, 0.3) is 0 Å². The van der Waals surface area contributed by atoms with E-state index in [-0.39, 0.29) is 6.42 Å². The molecule has 2 heterocycles. The minimum absolute atomic E-state index is 0.160. The third-order valence-corrected chi connectivity index (χ3v) is 6.67. The Labute approximate surface area is 201 Å². The van der Waals surface area contributed by atoms with Gasteiger partial charge in [0.15, 0.2) is 6.29 Å². The molecule has 1 aromatic carbocycles. The highest BCUT2D eigenvalue weighted by Crippen LogP contribution is 2.49. The lowest BCUT2D eigenvalue weighted by Crippen LogP contribution is -2.62. The molecule has 0 radical (unpaired) electrons. The highest BCUT2D eigenvalue weighted by molar-refractivity contribution is 5.87. The van der Waals surface area contributed by atoms with Crippen molar-refractivity contribution in [2.75, 3.05) is 6.61 Å². The third kappa shape index (κ3) is 5.13. The Kier molecular flexibility index (Phi) is 7.32. The summed E-state index contributed by atoms with van der Waals surface area (Å²) in [5.41, 5.74) is -2.68. The third-order valence-electron chi connectivity index (χ3n) is 6.67. The largest absolute Gasteiger partial charge is 0.472 e. The molecule has 2 fully saturated rings. The summed E-state index contributed by atoms with van der Waals surface area (Å²) in [5.74, 6) is -1.88. The highest BCUT2D eigenvalue weighted by Gasteiger charge is 2.64. The first-order valence-electron chi connectivity index (χ1n) is 11.2. The van der Waals surface area contributed by atoms with Crippen LogP contribution >= 0.6 is 0 Å². The van der Waals surface area contributed by atoms with Crippen LogP contribution in [0.3, 0.4) is 0 Å². The molecule has 0 bridgehead atoms. The normalized spacial score (nSPS) is 43.1. The fourth-order valence-corrected chi connectivity index (χ4v) is 4.77. The Balaban J connectivity index is 1.41. The van der Waals surface area contributed by atoms with Gasteiger partial charge in [-0.25, -0.2) is 4.79 Å². The molecule has 2 aliphatic heterocycles. The van der Waals surface area contributed by atoms with Crippen molar-refractivity contribution in [1.82, 2.24) is 0 Å². The number of carbonyl (C=O) groups is 1. The first-order valence-corrected chi connectivity index (χ1v) is 11.2. The lowest BCUT2D eigenvalue weighted by atomic mass is 9.81. The molecule has 0 amide bonds. The van der Waals surface area contributed by atoms with Crippen molar-refractivity contribution in [3.63, 3.8) is 0 Å². The number of ether oxygens (including phenoxy) is 4. The Bertz CT molecular complexity index is 948. The van der Waals surface area contributed by atoms with E-state index in [1.165, 1.54) is 19.1 Å². The van der Waals surface area contributed by atoms with Crippen LogP contribution in [0.4, 0.5) is 0 Å². The molecule has 1 saturated carbocycles. The molecule has 1 aromatic rings. The predicted octanol–water partition coefficient (Wildman–Crippen LogP) is -1.20. The molecular formula is C24H30O11. The topological polar surface area (TPSA) is 175 Å². The van der Waals surface area contributed by atoms with Gasteiger partial charge in [0.05, 0.1) is 23.9 Å². The standard InChI is InChI=1S/C24H30O11/c1-23(30)11-15(25)24(31)9-10-32-22(20(23)24)35-21-19(29)18(28)17(27)14(34-21)12-33-16(26)8-7-13-5-3-2-4-6-13/h2-10,14-15,17-22,25,27-31H,11-12H2,1H3/b8-7+/t14-,15-,17-,18+,19-,20-,21+,22+,23+,24-/m1/s1. The minimum Gasteiger partial charge on any atom is -0.472 e. The second-order valence-electron chi connectivity index (χ2n) is 9.27. The van der Waals surface area contributed by atoms with Gasteiger partial charge in [0, 0.05) is 12.5 Å². The molecule has 11 nitrogen and oxygen atoms in total. The number of rotatable bonds is 6. The number of esters is 1. The molecule has 0 spiro atoms. The van der Waals surface area contributed by atoms with E-state index in [1.54, 1.807) is 18.2 Å². The number of fused-ring (bicyclic) bond motifs is 1. The van der Waals surface area contributed by atoms with Gasteiger partial charge in [-0.2, -0.15) is 0 Å². The van der Waals surface area contributed by atoms with Gasteiger partial charge in [0.1, 0.15) is 36.6 Å². The fourth-order valence-electron chi connectivity index (χ4n) is 4.77. The van der Waals surface area contributed by atoms with E-state index >= 15 is 0 Å². The molecule has 0 unspecified atom stereocenters. The summed E-state index contributed by atoms with van der Waals surface area (Å²) >= 11 is 0. The molecule has 10 atom stereocenters. The van der Waals surface area contributed by atoms with Crippen molar-refractivity contribution in [2.45, 2.75) is 67.6 Å². The van der Waals surface area contributed by atoms with Crippen molar-refractivity contribution >= 4 is 12.0 Å². The van der Waals surface area contributed by atoms with Gasteiger partial charge in [-0.05, 0) is 24.6 Å². The van der Waals surface area contributed by atoms with Crippen LogP contribution in [0.25, 0.3) is 6.08 Å². The van der Waals surface area contributed by atoms with Gasteiger partial charge in [-0.15, -0.1) is 0 Å². The Morgan fingerprint density at radius 3 is 2.51 bits per heavy atom. The Morgan fingerprint density at radius 1 is 1.09 bits per heavy atom. The molecule has 6 N–H and O–H groups in total. The van der Waals surface area contributed by atoms with Crippen LogP contribution in [0.2, 0.25) is 0 Å². The van der Waals surface area contributed by atoms with Crippen LogP contribution in [0, 0.1) is 5.92 Å². The van der Waals surface area contributed by atoms with Crippen LogP contribution < -0.4 is 0 Å².